The lowest BCUT2D eigenvalue weighted by atomic mass is 9.97. The second-order valence-electron chi connectivity index (χ2n) is 7.81. The van der Waals surface area contributed by atoms with Crippen LogP contribution in [0.1, 0.15) is 36.0 Å². The normalized spacial score (nSPS) is 16.7. The van der Waals surface area contributed by atoms with Gasteiger partial charge < -0.3 is 16.4 Å². The molecular formula is C23H23F3N4O3. The summed E-state index contributed by atoms with van der Waals surface area (Å²) in [6.07, 6.45) is -8.40. The molecule has 0 aromatic heterocycles. The summed E-state index contributed by atoms with van der Waals surface area (Å²) < 4.78 is 38.0. The molecule has 174 valence electrons. The Hall–Kier alpha value is -3.69. The largest absolute Gasteiger partial charge is 0.389 e. The molecule has 3 rings (SSSR count). The molecule has 0 radical (unpaired) electrons. The number of alkyl halides is 3. The Kier molecular flexibility index (Phi) is 7.15. The zero-order chi connectivity index (χ0) is 24.2. The molecule has 0 saturated carbocycles. The zero-order valence-corrected chi connectivity index (χ0v) is 17.8. The predicted molar refractivity (Wildman–Crippen MR) is 116 cm³/mol. The first-order valence-corrected chi connectivity index (χ1v) is 10.2. The van der Waals surface area contributed by atoms with Gasteiger partial charge in [0.1, 0.15) is 0 Å². The van der Waals surface area contributed by atoms with E-state index in [2.05, 4.69) is 15.6 Å². The first-order chi connectivity index (χ1) is 15.5. The Morgan fingerprint density at radius 3 is 2.58 bits per heavy atom. The fourth-order valence-corrected chi connectivity index (χ4v) is 3.54. The second kappa shape index (κ2) is 9.85. The molecule has 2 unspecified atom stereocenters. The number of carbonyl (C=O) groups excluding carboxylic acids is 3. The number of aryl methyl sites for hydroxylation is 1. The summed E-state index contributed by atoms with van der Waals surface area (Å²) in [7, 11) is 0. The molecule has 1 heterocycles. The van der Waals surface area contributed by atoms with Gasteiger partial charge in [-0.05, 0) is 25.5 Å². The van der Waals surface area contributed by atoms with Crippen LogP contribution in [0.2, 0.25) is 0 Å². The van der Waals surface area contributed by atoms with E-state index < -0.39 is 55.2 Å². The molecular weight excluding hydrogens is 437 g/mol. The molecule has 0 fully saturated rings. The number of benzene rings is 2. The van der Waals surface area contributed by atoms with E-state index in [4.69, 9.17) is 5.73 Å². The molecule has 0 aliphatic carbocycles. The molecule has 0 saturated heterocycles. The maximum Gasteiger partial charge on any atom is 0.389 e. The van der Waals surface area contributed by atoms with Crippen LogP contribution >= 0.6 is 0 Å². The number of primary amides is 1. The molecule has 0 bridgehead atoms. The van der Waals surface area contributed by atoms with E-state index in [1.165, 1.54) is 0 Å². The molecule has 1 aliphatic rings. The average Bonchev–Trinajstić information content (AvgIpc) is 2.86. The van der Waals surface area contributed by atoms with Crippen LogP contribution in [-0.2, 0) is 14.4 Å². The Morgan fingerprint density at radius 2 is 1.91 bits per heavy atom. The van der Waals surface area contributed by atoms with E-state index in [1.807, 2.05) is 25.1 Å². The number of carbonyl (C=O) groups is 3. The van der Waals surface area contributed by atoms with Gasteiger partial charge in [-0.3, -0.25) is 14.4 Å². The fraction of sp³-hybridized carbons (Fsp3) is 0.304. The number of nitrogens with zero attached hydrogens (tertiary/aromatic N) is 1. The third-order valence-corrected chi connectivity index (χ3v) is 5.11. The van der Waals surface area contributed by atoms with Gasteiger partial charge in [0.2, 0.25) is 18.0 Å². The Balaban J connectivity index is 1.94. The Bertz CT molecular complexity index is 1100. The highest BCUT2D eigenvalue weighted by Gasteiger charge is 2.33. The van der Waals surface area contributed by atoms with Crippen molar-refractivity contribution in [3.05, 3.63) is 65.2 Å². The molecule has 10 heteroatoms. The van der Waals surface area contributed by atoms with E-state index in [0.29, 0.717) is 22.5 Å². The van der Waals surface area contributed by atoms with Gasteiger partial charge in [-0.25, -0.2) is 4.99 Å². The fourth-order valence-electron chi connectivity index (χ4n) is 3.54. The minimum absolute atomic E-state index is 0.430. The molecule has 3 amide bonds. The van der Waals surface area contributed by atoms with Gasteiger partial charge in [0.05, 0.1) is 11.4 Å². The lowest BCUT2D eigenvalue weighted by molar-refractivity contribution is -0.143. The summed E-state index contributed by atoms with van der Waals surface area (Å²) in [5.74, 6) is -3.83. The summed E-state index contributed by atoms with van der Waals surface area (Å²) in [5.41, 5.74) is 8.30. The summed E-state index contributed by atoms with van der Waals surface area (Å²) in [4.78, 5) is 41.3. The lowest BCUT2D eigenvalue weighted by Gasteiger charge is -2.19. The molecule has 7 nitrogen and oxygen atoms in total. The molecule has 0 spiro atoms. The highest BCUT2D eigenvalue weighted by Crippen LogP contribution is 2.27. The summed E-state index contributed by atoms with van der Waals surface area (Å²) >= 11 is 0. The number of amides is 3. The number of anilines is 1. The first kappa shape index (κ1) is 24.0. The van der Waals surface area contributed by atoms with Crippen LogP contribution in [0.4, 0.5) is 18.9 Å². The van der Waals surface area contributed by atoms with Gasteiger partial charge in [0, 0.05) is 29.9 Å². The molecule has 33 heavy (non-hydrogen) atoms. The van der Waals surface area contributed by atoms with Crippen molar-refractivity contribution in [3.63, 3.8) is 0 Å². The maximum absolute atomic E-state index is 12.8. The quantitative estimate of drug-likeness (QED) is 0.590. The Labute approximate surface area is 188 Å². The van der Waals surface area contributed by atoms with E-state index in [9.17, 15) is 27.6 Å². The van der Waals surface area contributed by atoms with Crippen LogP contribution in [-0.4, -0.2) is 35.8 Å². The lowest BCUT2D eigenvalue weighted by Crippen LogP contribution is -2.45. The number of halogens is 3. The average molecular weight is 460 g/mol. The number of hydrogen-bond donors (Lipinski definition) is 3. The summed E-state index contributed by atoms with van der Waals surface area (Å²) in [5, 5.41) is 5.07. The molecule has 2 aromatic rings. The van der Waals surface area contributed by atoms with Gasteiger partial charge >= 0.3 is 6.18 Å². The number of rotatable bonds is 7. The van der Waals surface area contributed by atoms with Crippen molar-refractivity contribution >= 4 is 29.1 Å². The van der Waals surface area contributed by atoms with Crippen molar-refractivity contribution in [2.24, 2.45) is 16.6 Å². The number of nitrogens with two attached hydrogens (primary N) is 1. The Morgan fingerprint density at radius 1 is 1.18 bits per heavy atom. The van der Waals surface area contributed by atoms with Crippen LogP contribution in [0.15, 0.2) is 53.5 Å². The van der Waals surface area contributed by atoms with Crippen molar-refractivity contribution in [3.8, 4) is 0 Å². The smallest absolute Gasteiger partial charge is 0.370 e. The third kappa shape index (κ3) is 6.41. The number of hydrogen-bond acceptors (Lipinski definition) is 4. The van der Waals surface area contributed by atoms with E-state index in [1.54, 1.807) is 30.3 Å². The van der Waals surface area contributed by atoms with Crippen LogP contribution in [0.3, 0.4) is 0 Å². The van der Waals surface area contributed by atoms with Crippen LogP contribution in [0.5, 0.6) is 0 Å². The van der Waals surface area contributed by atoms with E-state index >= 15 is 0 Å². The highest BCUT2D eigenvalue weighted by molar-refractivity contribution is 6.19. The number of benzodiazepines with no additional fused rings is 1. The minimum Gasteiger partial charge on any atom is -0.370 e. The van der Waals surface area contributed by atoms with Crippen molar-refractivity contribution < 1.29 is 27.6 Å². The van der Waals surface area contributed by atoms with E-state index in [-0.39, 0.29) is 0 Å². The number of aliphatic imine (C=N–C) groups is 1. The number of nitrogens with one attached hydrogen (secondary N) is 2. The standard InChI is InChI=1S/C23H23F3N4O3/c1-13-5-4-6-14(11-13)19-16-7-2-3-8-17(16)28-22(33)20(29-19)30-21(32)15(12-18(27)31)9-10-23(24,25)26/h2-8,11,15,20H,9-10,12H2,1H3,(H2,27,31)(H,28,33)(H,30,32). The minimum atomic E-state index is -4.51. The summed E-state index contributed by atoms with van der Waals surface area (Å²) in [6, 6.07) is 14.3. The molecule has 2 atom stereocenters. The first-order valence-electron chi connectivity index (χ1n) is 10.2. The van der Waals surface area contributed by atoms with Gasteiger partial charge in [-0.15, -0.1) is 0 Å². The maximum atomic E-state index is 12.8. The van der Waals surface area contributed by atoms with Crippen molar-refractivity contribution in [2.75, 3.05) is 5.32 Å². The highest BCUT2D eigenvalue weighted by atomic mass is 19.4. The second-order valence-corrected chi connectivity index (χ2v) is 7.81. The molecule has 4 N–H and O–H groups in total. The van der Waals surface area contributed by atoms with Gasteiger partial charge in [-0.2, -0.15) is 13.2 Å². The van der Waals surface area contributed by atoms with Crippen LogP contribution in [0, 0.1) is 12.8 Å². The van der Waals surface area contributed by atoms with E-state index in [0.717, 1.165) is 5.56 Å². The van der Waals surface area contributed by atoms with Crippen molar-refractivity contribution in [1.29, 1.82) is 0 Å². The van der Waals surface area contributed by atoms with Gasteiger partial charge in [-0.1, -0.05) is 42.0 Å². The number of para-hydroxylation sites is 1. The third-order valence-electron chi connectivity index (χ3n) is 5.11. The topological polar surface area (TPSA) is 114 Å². The summed E-state index contributed by atoms with van der Waals surface area (Å²) in [6.45, 7) is 1.89. The monoisotopic (exact) mass is 460 g/mol. The van der Waals surface area contributed by atoms with Crippen LogP contribution in [0.25, 0.3) is 0 Å². The van der Waals surface area contributed by atoms with Crippen molar-refractivity contribution in [2.45, 2.75) is 38.5 Å². The SMILES string of the molecule is Cc1cccc(C2=NC(NC(=O)C(CCC(F)(F)F)CC(N)=O)C(=O)Nc3ccccc32)c1. The van der Waals surface area contributed by atoms with Gasteiger partial charge in [0.25, 0.3) is 5.91 Å². The van der Waals surface area contributed by atoms with Crippen LogP contribution < -0.4 is 16.4 Å². The van der Waals surface area contributed by atoms with Crippen molar-refractivity contribution in [1.82, 2.24) is 5.32 Å². The van der Waals surface area contributed by atoms with Gasteiger partial charge in [0.15, 0.2) is 0 Å². The predicted octanol–water partition coefficient (Wildman–Crippen LogP) is 3.06. The zero-order valence-electron chi connectivity index (χ0n) is 17.8. The molecule has 2 aromatic carbocycles. The molecule has 1 aliphatic heterocycles. The number of fused-ring (bicyclic) bond motifs is 1.